The molecule has 0 saturated heterocycles. The van der Waals surface area contributed by atoms with Crippen molar-refractivity contribution in [2.45, 2.75) is 33.4 Å². The maximum Gasteiger partial charge on any atom is 0.241 e. The number of halogens is 1. The number of hydrogen-bond donors (Lipinski definition) is 1. The van der Waals surface area contributed by atoms with E-state index in [4.69, 9.17) is 0 Å². The molecule has 0 aromatic carbocycles. The standard InChI is InChI=1S/C13H18BrN5O/c1-10-4-6-16-19(10)9-13(20)15-5-3-7-18-8-12(14)11(2)17-18/h4,6,8H,3,5,7,9H2,1-2H3,(H,15,20). The zero-order chi connectivity index (χ0) is 14.5. The first-order valence-electron chi connectivity index (χ1n) is 6.51. The third-order valence-electron chi connectivity index (χ3n) is 2.99. The quantitative estimate of drug-likeness (QED) is 0.814. The lowest BCUT2D eigenvalue weighted by molar-refractivity contribution is -0.121. The van der Waals surface area contributed by atoms with Gasteiger partial charge in [-0.15, -0.1) is 0 Å². The second-order valence-electron chi connectivity index (χ2n) is 4.66. The van der Waals surface area contributed by atoms with Crippen molar-refractivity contribution in [2.24, 2.45) is 0 Å². The molecule has 6 nitrogen and oxygen atoms in total. The molecule has 0 bridgehead atoms. The van der Waals surface area contributed by atoms with Gasteiger partial charge in [0.05, 0.1) is 10.2 Å². The van der Waals surface area contributed by atoms with Crippen LogP contribution in [-0.2, 0) is 17.9 Å². The van der Waals surface area contributed by atoms with Gasteiger partial charge in [0, 0.05) is 31.2 Å². The van der Waals surface area contributed by atoms with Crippen molar-refractivity contribution in [2.75, 3.05) is 6.54 Å². The van der Waals surface area contributed by atoms with Crippen LogP contribution < -0.4 is 5.32 Å². The highest BCUT2D eigenvalue weighted by Gasteiger charge is 2.05. The lowest BCUT2D eigenvalue weighted by Crippen LogP contribution is -2.29. The fraction of sp³-hybridized carbons (Fsp3) is 0.462. The summed E-state index contributed by atoms with van der Waals surface area (Å²) in [7, 11) is 0. The number of aryl methyl sites for hydroxylation is 3. The first-order valence-corrected chi connectivity index (χ1v) is 7.30. The molecule has 0 spiro atoms. The number of carbonyl (C=O) groups excluding carboxylic acids is 1. The van der Waals surface area contributed by atoms with E-state index in [0.717, 1.165) is 28.8 Å². The van der Waals surface area contributed by atoms with Gasteiger partial charge < -0.3 is 5.32 Å². The summed E-state index contributed by atoms with van der Waals surface area (Å²) in [5, 5.41) is 11.3. The summed E-state index contributed by atoms with van der Waals surface area (Å²) in [6.07, 6.45) is 4.49. The van der Waals surface area contributed by atoms with E-state index in [1.54, 1.807) is 10.9 Å². The average Bonchev–Trinajstić information content (AvgIpc) is 2.93. The Hall–Kier alpha value is -1.63. The molecule has 0 atom stereocenters. The third kappa shape index (κ3) is 3.93. The highest BCUT2D eigenvalue weighted by molar-refractivity contribution is 9.10. The largest absolute Gasteiger partial charge is 0.354 e. The SMILES string of the molecule is Cc1nn(CCCNC(=O)Cn2nccc2C)cc1Br. The molecule has 0 saturated carbocycles. The van der Waals surface area contributed by atoms with Gasteiger partial charge >= 0.3 is 0 Å². The smallest absolute Gasteiger partial charge is 0.241 e. The van der Waals surface area contributed by atoms with Crippen molar-refractivity contribution < 1.29 is 4.79 Å². The van der Waals surface area contributed by atoms with Gasteiger partial charge in [0.2, 0.25) is 5.91 Å². The zero-order valence-electron chi connectivity index (χ0n) is 11.6. The van der Waals surface area contributed by atoms with Crippen LogP contribution in [0.1, 0.15) is 17.8 Å². The van der Waals surface area contributed by atoms with Crippen LogP contribution in [0, 0.1) is 13.8 Å². The third-order valence-corrected chi connectivity index (χ3v) is 3.77. The molecular formula is C13H18BrN5O. The van der Waals surface area contributed by atoms with E-state index in [0.29, 0.717) is 6.54 Å². The molecule has 2 heterocycles. The molecule has 0 fully saturated rings. The van der Waals surface area contributed by atoms with E-state index >= 15 is 0 Å². The highest BCUT2D eigenvalue weighted by Crippen LogP contribution is 2.13. The van der Waals surface area contributed by atoms with Crippen LogP contribution in [0.5, 0.6) is 0 Å². The fourth-order valence-corrected chi connectivity index (χ4v) is 2.15. The Morgan fingerprint density at radius 2 is 2.25 bits per heavy atom. The fourth-order valence-electron chi connectivity index (χ4n) is 1.83. The maximum absolute atomic E-state index is 11.7. The molecule has 0 aliphatic carbocycles. The molecule has 0 unspecified atom stereocenters. The number of nitrogens with one attached hydrogen (secondary N) is 1. The molecule has 0 aliphatic heterocycles. The number of amides is 1. The Balaban J connectivity index is 1.68. The summed E-state index contributed by atoms with van der Waals surface area (Å²) in [6.45, 7) is 5.57. The van der Waals surface area contributed by atoms with Crippen LogP contribution in [-0.4, -0.2) is 32.0 Å². The van der Waals surface area contributed by atoms with Gasteiger partial charge in [-0.3, -0.25) is 14.2 Å². The van der Waals surface area contributed by atoms with Gasteiger partial charge in [-0.1, -0.05) is 0 Å². The summed E-state index contributed by atoms with van der Waals surface area (Å²) >= 11 is 3.43. The normalized spacial score (nSPS) is 10.8. The number of carbonyl (C=O) groups is 1. The summed E-state index contributed by atoms with van der Waals surface area (Å²) in [5.74, 6) is -0.0189. The van der Waals surface area contributed by atoms with Gasteiger partial charge in [0.1, 0.15) is 6.54 Å². The van der Waals surface area contributed by atoms with Crippen molar-refractivity contribution in [1.82, 2.24) is 24.9 Å². The monoisotopic (exact) mass is 339 g/mol. The van der Waals surface area contributed by atoms with E-state index in [1.807, 2.05) is 30.8 Å². The minimum Gasteiger partial charge on any atom is -0.354 e. The molecule has 0 aliphatic rings. The second-order valence-corrected chi connectivity index (χ2v) is 5.51. The first kappa shape index (κ1) is 14.8. The predicted octanol–water partition coefficient (Wildman–Crippen LogP) is 1.67. The number of hydrogen-bond acceptors (Lipinski definition) is 3. The number of nitrogens with zero attached hydrogens (tertiary/aromatic N) is 4. The summed E-state index contributed by atoms with van der Waals surface area (Å²) in [6, 6.07) is 1.88. The molecule has 0 radical (unpaired) electrons. The van der Waals surface area contributed by atoms with E-state index < -0.39 is 0 Å². The van der Waals surface area contributed by atoms with E-state index in [2.05, 4.69) is 31.4 Å². The average molecular weight is 340 g/mol. The Bertz CT molecular complexity index is 570. The summed E-state index contributed by atoms with van der Waals surface area (Å²) < 4.78 is 4.57. The highest BCUT2D eigenvalue weighted by atomic mass is 79.9. The van der Waals surface area contributed by atoms with Gasteiger partial charge in [-0.05, 0) is 42.3 Å². The van der Waals surface area contributed by atoms with Crippen molar-refractivity contribution in [3.8, 4) is 0 Å². The van der Waals surface area contributed by atoms with Crippen LogP contribution in [0.3, 0.4) is 0 Å². The van der Waals surface area contributed by atoms with Crippen molar-refractivity contribution in [1.29, 1.82) is 0 Å². The van der Waals surface area contributed by atoms with Crippen LogP contribution in [0.15, 0.2) is 22.9 Å². The Morgan fingerprint density at radius 1 is 1.45 bits per heavy atom. The molecule has 2 aromatic rings. The summed E-state index contributed by atoms with van der Waals surface area (Å²) in [4.78, 5) is 11.7. The van der Waals surface area contributed by atoms with E-state index in [-0.39, 0.29) is 12.5 Å². The first-order chi connectivity index (χ1) is 9.56. The number of rotatable bonds is 6. The number of aromatic nitrogens is 4. The van der Waals surface area contributed by atoms with Gasteiger partial charge in [0.15, 0.2) is 0 Å². The second kappa shape index (κ2) is 6.69. The van der Waals surface area contributed by atoms with Gasteiger partial charge in [-0.2, -0.15) is 10.2 Å². The van der Waals surface area contributed by atoms with Gasteiger partial charge in [0.25, 0.3) is 0 Å². The maximum atomic E-state index is 11.7. The predicted molar refractivity (Wildman–Crippen MR) is 79.3 cm³/mol. The van der Waals surface area contributed by atoms with Crippen molar-refractivity contribution in [3.05, 3.63) is 34.3 Å². The molecule has 108 valence electrons. The van der Waals surface area contributed by atoms with Crippen LogP contribution in [0.2, 0.25) is 0 Å². The molecule has 2 rings (SSSR count). The molecule has 7 heteroatoms. The molecule has 1 N–H and O–H groups in total. The molecule has 20 heavy (non-hydrogen) atoms. The lowest BCUT2D eigenvalue weighted by atomic mass is 10.4. The summed E-state index contributed by atoms with van der Waals surface area (Å²) in [5.41, 5.74) is 1.96. The van der Waals surface area contributed by atoms with Crippen LogP contribution in [0.4, 0.5) is 0 Å². The molecule has 1 amide bonds. The minimum absolute atomic E-state index is 0.0189. The van der Waals surface area contributed by atoms with E-state index in [9.17, 15) is 4.79 Å². The Morgan fingerprint density at radius 3 is 2.85 bits per heavy atom. The van der Waals surface area contributed by atoms with Crippen molar-refractivity contribution >= 4 is 21.8 Å². The minimum atomic E-state index is -0.0189. The Kier molecular flexibility index (Phi) is 4.94. The topological polar surface area (TPSA) is 64.7 Å². The van der Waals surface area contributed by atoms with Gasteiger partial charge in [-0.25, -0.2) is 0 Å². The zero-order valence-corrected chi connectivity index (χ0v) is 13.2. The lowest BCUT2D eigenvalue weighted by Gasteiger charge is -2.07. The van der Waals surface area contributed by atoms with Crippen LogP contribution >= 0.6 is 15.9 Å². The van der Waals surface area contributed by atoms with Crippen molar-refractivity contribution in [3.63, 3.8) is 0 Å². The Labute approximate surface area is 126 Å². The van der Waals surface area contributed by atoms with E-state index in [1.165, 1.54) is 0 Å². The molecule has 2 aromatic heterocycles. The van der Waals surface area contributed by atoms with Crippen LogP contribution in [0.25, 0.3) is 0 Å². The molecular weight excluding hydrogens is 322 g/mol.